The Bertz CT molecular complexity index is 867. The number of rotatable bonds is 2. The molecule has 1 saturated heterocycles. The van der Waals surface area contributed by atoms with E-state index in [0.29, 0.717) is 0 Å². The number of hydrogen-bond acceptors (Lipinski definition) is 3. The predicted molar refractivity (Wildman–Crippen MR) is 87.7 cm³/mol. The summed E-state index contributed by atoms with van der Waals surface area (Å²) in [6, 6.07) is 23.4. The van der Waals surface area contributed by atoms with E-state index in [9.17, 15) is 4.79 Å². The zero-order valence-electron chi connectivity index (χ0n) is 12.7. The number of fused-ring (bicyclic) bond motifs is 1. The van der Waals surface area contributed by atoms with Crippen LogP contribution < -0.4 is 0 Å². The highest BCUT2D eigenvalue weighted by atomic mass is 16.8. The Morgan fingerprint density at radius 3 is 2.39 bits per heavy atom. The highest BCUT2D eigenvalue weighted by Gasteiger charge is 2.48. The monoisotopic (exact) mass is 304 g/mol. The molecule has 23 heavy (non-hydrogen) atoms. The molecule has 1 aliphatic rings. The van der Waals surface area contributed by atoms with Crippen molar-refractivity contribution in [2.45, 2.75) is 18.8 Å². The molecule has 0 aliphatic carbocycles. The van der Waals surface area contributed by atoms with E-state index >= 15 is 0 Å². The van der Waals surface area contributed by atoms with Crippen molar-refractivity contribution in [3.63, 3.8) is 0 Å². The molecule has 1 heterocycles. The lowest BCUT2D eigenvalue weighted by Crippen LogP contribution is -2.29. The summed E-state index contributed by atoms with van der Waals surface area (Å²) in [4.78, 5) is 12.5. The number of benzene rings is 3. The van der Waals surface area contributed by atoms with E-state index in [4.69, 9.17) is 9.47 Å². The third kappa shape index (κ3) is 2.21. The minimum absolute atomic E-state index is 0.360. The van der Waals surface area contributed by atoms with E-state index in [1.165, 1.54) is 0 Å². The van der Waals surface area contributed by atoms with Crippen LogP contribution in [0.15, 0.2) is 72.8 Å². The molecular weight excluding hydrogens is 288 g/mol. The average molecular weight is 304 g/mol. The molecule has 0 unspecified atom stereocenters. The molecule has 0 spiro atoms. The van der Waals surface area contributed by atoms with Crippen LogP contribution in [-0.4, -0.2) is 5.97 Å². The molecule has 0 aromatic heterocycles. The van der Waals surface area contributed by atoms with Gasteiger partial charge in [-0.05, 0) is 23.3 Å². The van der Waals surface area contributed by atoms with Crippen molar-refractivity contribution in [2.75, 3.05) is 0 Å². The van der Waals surface area contributed by atoms with Gasteiger partial charge >= 0.3 is 5.97 Å². The fraction of sp³-hybridized carbons (Fsp3) is 0.150. The highest BCUT2D eigenvalue weighted by Crippen LogP contribution is 2.42. The first kappa shape index (κ1) is 14.0. The van der Waals surface area contributed by atoms with Crippen LogP contribution in [0.4, 0.5) is 0 Å². The maximum Gasteiger partial charge on any atom is 0.345 e. The van der Waals surface area contributed by atoms with Crippen molar-refractivity contribution in [1.29, 1.82) is 0 Å². The second-order valence-corrected chi connectivity index (χ2v) is 5.82. The lowest BCUT2D eigenvalue weighted by atomic mass is 9.96. The fourth-order valence-electron chi connectivity index (χ4n) is 3.02. The van der Waals surface area contributed by atoms with E-state index in [-0.39, 0.29) is 5.97 Å². The first-order valence-electron chi connectivity index (χ1n) is 7.60. The summed E-state index contributed by atoms with van der Waals surface area (Å²) in [7, 11) is 0. The van der Waals surface area contributed by atoms with Gasteiger partial charge < -0.3 is 9.47 Å². The summed E-state index contributed by atoms with van der Waals surface area (Å²) in [6.45, 7) is 1.76. The number of hydrogen-bond donors (Lipinski definition) is 0. The molecule has 0 N–H and O–H groups in total. The number of cyclic esters (lactones) is 1. The van der Waals surface area contributed by atoms with Crippen LogP contribution in [-0.2, 0) is 19.9 Å². The Labute approximate surface area is 134 Å². The second-order valence-electron chi connectivity index (χ2n) is 5.82. The van der Waals surface area contributed by atoms with Gasteiger partial charge in [-0.2, -0.15) is 0 Å². The zero-order valence-corrected chi connectivity index (χ0v) is 12.7. The summed E-state index contributed by atoms with van der Waals surface area (Å²) in [5.41, 5.74) is 0.590. The third-order valence-electron chi connectivity index (χ3n) is 4.35. The summed E-state index contributed by atoms with van der Waals surface area (Å²) < 4.78 is 11.6. The Balaban J connectivity index is 1.76. The first-order chi connectivity index (χ1) is 11.2. The topological polar surface area (TPSA) is 35.5 Å². The second kappa shape index (κ2) is 5.21. The van der Waals surface area contributed by atoms with E-state index in [1.54, 1.807) is 6.92 Å². The molecule has 1 aliphatic heterocycles. The third-order valence-corrected chi connectivity index (χ3v) is 4.35. The molecule has 114 valence electrons. The Morgan fingerprint density at radius 1 is 0.870 bits per heavy atom. The summed E-state index contributed by atoms with van der Waals surface area (Å²) in [5, 5.41) is 2.13. The van der Waals surface area contributed by atoms with Crippen LogP contribution in [0, 0.1) is 0 Å². The molecule has 1 fully saturated rings. The maximum atomic E-state index is 12.5. The Kier molecular flexibility index (Phi) is 3.17. The first-order valence-corrected chi connectivity index (χ1v) is 7.60. The van der Waals surface area contributed by atoms with Crippen LogP contribution in [0.3, 0.4) is 0 Å². The SMILES string of the molecule is C[C@@]1(c2ccccc2)O[C@@H](c2cccc3ccccc23)OC1=O. The molecule has 3 aromatic carbocycles. The molecule has 0 radical (unpaired) electrons. The lowest BCUT2D eigenvalue weighted by molar-refractivity contribution is -0.145. The van der Waals surface area contributed by atoms with Crippen molar-refractivity contribution >= 4 is 16.7 Å². The minimum atomic E-state index is -1.08. The number of esters is 1. The van der Waals surface area contributed by atoms with E-state index < -0.39 is 11.9 Å². The molecule has 0 amide bonds. The number of carbonyl (C=O) groups is 1. The van der Waals surface area contributed by atoms with Gasteiger partial charge in [0, 0.05) is 5.56 Å². The van der Waals surface area contributed by atoms with Gasteiger partial charge in [0.15, 0.2) is 5.60 Å². The quantitative estimate of drug-likeness (QED) is 0.661. The molecule has 3 heteroatoms. The largest absolute Gasteiger partial charge is 0.429 e. The molecule has 3 aromatic rings. The van der Waals surface area contributed by atoms with Crippen molar-refractivity contribution in [3.05, 3.63) is 83.9 Å². The normalized spacial score (nSPS) is 23.9. The van der Waals surface area contributed by atoms with Gasteiger partial charge in [0.2, 0.25) is 6.29 Å². The van der Waals surface area contributed by atoms with E-state index in [1.807, 2.05) is 72.8 Å². The van der Waals surface area contributed by atoms with Crippen LogP contribution in [0.1, 0.15) is 24.3 Å². The van der Waals surface area contributed by atoms with E-state index in [2.05, 4.69) is 0 Å². The number of ether oxygens (including phenoxy) is 2. The van der Waals surface area contributed by atoms with Gasteiger partial charge in [0.1, 0.15) is 0 Å². The van der Waals surface area contributed by atoms with Crippen molar-refractivity contribution in [2.24, 2.45) is 0 Å². The van der Waals surface area contributed by atoms with Crippen molar-refractivity contribution in [1.82, 2.24) is 0 Å². The van der Waals surface area contributed by atoms with E-state index in [0.717, 1.165) is 21.9 Å². The van der Waals surface area contributed by atoms with Crippen LogP contribution in [0.5, 0.6) is 0 Å². The maximum absolute atomic E-state index is 12.5. The molecule has 0 saturated carbocycles. The average Bonchev–Trinajstić information content (AvgIpc) is 2.91. The minimum Gasteiger partial charge on any atom is -0.429 e. The van der Waals surface area contributed by atoms with Gasteiger partial charge in [0.05, 0.1) is 0 Å². The van der Waals surface area contributed by atoms with Crippen LogP contribution in [0.25, 0.3) is 10.8 Å². The molecule has 3 nitrogen and oxygen atoms in total. The van der Waals surface area contributed by atoms with Gasteiger partial charge in [-0.1, -0.05) is 72.8 Å². The molecule has 0 bridgehead atoms. The van der Waals surface area contributed by atoms with Gasteiger partial charge in [0.25, 0.3) is 0 Å². The summed E-state index contributed by atoms with van der Waals surface area (Å²) in [5.74, 6) is -0.360. The van der Waals surface area contributed by atoms with Gasteiger partial charge in [-0.25, -0.2) is 4.79 Å². The molecular formula is C20H16O3. The molecule has 4 rings (SSSR count). The highest BCUT2D eigenvalue weighted by molar-refractivity contribution is 5.87. The lowest BCUT2D eigenvalue weighted by Gasteiger charge is -2.20. The van der Waals surface area contributed by atoms with Gasteiger partial charge in [-0.15, -0.1) is 0 Å². The Hall–Kier alpha value is -2.65. The Morgan fingerprint density at radius 2 is 1.57 bits per heavy atom. The van der Waals surface area contributed by atoms with Gasteiger partial charge in [-0.3, -0.25) is 0 Å². The predicted octanol–water partition coefficient (Wildman–Crippen LogP) is 4.33. The smallest absolute Gasteiger partial charge is 0.345 e. The number of carbonyl (C=O) groups excluding carboxylic acids is 1. The van der Waals surface area contributed by atoms with Crippen LogP contribution in [0.2, 0.25) is 0 Å². The standard InChI is InChI=1S/C20H16O3/c1-20(15-10-3-2-4-11-15)19(21)22-18(23-20)17-13-7-9-14-8-5-6-12-16(14)17/h2-13,18H,1H3/t18-,20-/m0/s1. The summed E-state index contributed by atoms with van der Waals surface area (Å²) >= 11 is 0. The molecule has 2 atom stereocenters. The summed E-state index contributed by atoms with van der Waals surface area (Å²) in [6.07, 6.45) is -0.696. The zero-order chi connectivity index (χ0) is 15.9. The fourth-order valence-corrected chi connectivity index (χ4v) is 3.02. The van der Waals surface area contributed by atoms with Crippen LogP contribution >= 0.6 is 0 Å². The van der Waals surface area contributed by atoms with Crippen molar-refractivity contribution in [3.8, 4) is 0 Å². The van der Waals surface area contributed by atoms with Crippen molar-refractivity contribution < 1.29 is 14.3 Å².